The molecule has 0 saturated carbocycles. The summed E-state index contributed by atoms with van der Waals surface area (Å²) in [6.45, 7) is 14.0. The van der Waals surface area contributed by atoms with Gasteiger partial charge >= 0.3 is 0 Å². The van der Waals surface area contributed by atoms with Crippen molar-refractivity contribution < 1.29 is 18.9 Å². The van der Waals surface area contributed by atoms with Crippen LogP contribution in [0, 0.1) is 0 Å². The topological polar surface area (TPSA) is 49.9 Å². The van der Waals surface area contributed by atoms with Crippen LogP contribution >= 0.6 is 0 Å². The maximum Gasteiger partial charge on any atom is 0.146 e. The summed E-state index contributed by atoms with van der Waals surface area (Å²) in [5.41, 5.74) is 0. The van der Waals surface area contributed by atoms with Gasteiger partial charge in [-0.1, -0.05) is 0 Å². The molecule has 0 aromatic carbocycles. The summed E-state index contributed by atoms with van der Waals surface area (Å²) in [6, 6.07) is 0. The van der Waals surface area contributed by atoms with Gasteiger partial charge in [0.05, 0.1) is 52.9 Å². The van der Waals surface area contributed by atoms with Gasteiger partial charge in [-0.3, -0.25) is 0 Å². The van der Waals surface area contributed by atoms with Gasteiger partial charge < -0.3 is 38.5 Å². The molecule has 26 heavy (non-hydrogen) atoms. The Labute approximate surface area is 156 Å². The Morgan fingerprint density at radius 1 is 0.346 bits per heavy atom. The van der Waals surface area contributed by atoms with Crippen molar-refractivity contribution in [2.45, 2.75) is 0 Å². The van der Waals surface area contributed by atoms with Crippen molar-refractivity contribution in [3.63, 3.8) is 0 Å². The molecular weight excluding hydrogens is 336 g/mol. The molecule has 0 radical (unpaired) electrons. The molecule has 4 aliphatic rings. The fraction of sp³-hybridized carbons (Fsp3) is 0.889. The number of hydrogen-bond donors (Lipinski definition) is 0. The second-order valence-corrected chi connectivity index (χ2v) is 7.04. The van der Waals surface area contributed by atoms with E-state index in [9.17, 15) is 0 Å². The minimum absolute atomic E-state index is 0.799. The van der Waals surface area contributed by atoms with Gasteiger partial charge in [0.25, 0.3) is 0 Å². The third kappa shape index (κ3) is 4.19. The Morgan fingerprint density at radius 2 is 0.538 bits per heavy atom. The Kier molecular flexibility index (Phi) is 6.37. The van der Waals surface area contributed by atoms with Crippen LogP contribution < -0.4 is 0 Å². The zero-order valence-corrected chi connectivity index (χ0v) is 15.7. The van der Waals surface area contributed by atoms with E-state index < -0.39 is 0 Å². The van der Waals surface area contributed by atoms with Crippen LogP contribution in [0.15, 0.2) is 11.6 Å². The van der Waals surface area contributed by atoms with Crippen molar-refractivity contribution >= 4 is 0 Å². The third-order valence-corrected chi connectivity index (χ3v) is 5.44. The second kappa shape index (κ2) is 9.12. The number of nitrogens with zero attached hydrogens (tertiary/aromatic N) is 4. The lowest BCUT2D eigenvalue weighted by Gasteiger charge is -2.47. The Hall–Kier alpha value is -1.22. The van der Waals surface area contributed by atoms with Crippen LogP contribution in [0.2, 0.25) is 0 Å². The zero-order chi connectivity index (χ0) is 17.6. The molecular formula is C18H32N4O4. The lowest BCUT2D eigenvalue weighted by Crippen LogP contribution is -2.53. The van der Waals surface area contributed by atoms with Crippen molar-refractivity contribution in [2.75, 3.05) is 105 Å². The fourth-order valence-electron chi connectivity index (χ4n) is 4.07. The van der Waals surface area contributed by atoms with Crippen LogP contribution in [0.3, 0.4) is 0 Å². The molecule has 0 aromatic heterocycles. The normalized spacial score (nSPS) is 25.4. The average Bonchev–Trinajstić information content (AvgIpc) is 2.74. The Bertz CT molecular complexity index is 384. The molecule has 4 saturated heterocycles. The first kappa shape index (κ1) is 18.2. The minimum atomic E-state index is 0.799. The van der Waals surface area contributed by atoms with E-state index in [1.54, 1.807) is 0 Å². The van der Waals surface area contributed by atoms with Gasteiger partial charge in [-0.2, -0.15) is 0 Å². The van der Waals surface area contributed by atoms with Crippen LogP contribution in [-0.4, -0.2) is 125 Å². The van der Waals surface area contributed by atoms with Crippen molar-refractivity contribution in [3.8, 4) is 0 Å². The first-order valence-corrected chi connectivity index (χ1v) is 9.98. The highest BCUT2D eigenvalue weighted by Gasteiger charge is 2.32. The summed E-state index contributed by atoms with van der Waals surface area (Å²) < 4.78 is 22.5. The molecule has 0 unspecified atom stereocenters. The van der Waals surface area contributed by atoms with E-state index in [1.807, 2.05) is 0 Å². The minimum Gasteiger partial charge on any atom is -0.378 e. The molecule has 0 amide bonds. The number of rotatable bonds is 4. The summed E-state index contributed by atoms with van der Waals surface area (Å²) in [5, 5.41) is 0. The maximum atomic E-state index is 5.63. The second-order valence-electron chi connectivity index (χ2n) is 7.04. The summed E-state index contributed by atoms with van der Waals surface area (Å²) in [5.74, 6) is 2.72. The van der Waals surface area contributed by atoms with Gasteiger partial charge in [0.15, 0.2) is 0 Å². The first-order chi connectivity index (χ1) is 12.9. The summed E-state index contributed by atoms with van der Waals surface area (Å²) >= 11 is 0. The van der Waals surface area contributed by atoms with Crippen molar-refractivity contribution in [3.05, 3.63) is 11.6 Å². The molecule has 4 fully saturated rings. The van der Waals surface area contributed by atoms with E-state index in [0.717, 1.165) is 105 Å². The standard InChI is InChI=1S/C18H32N4O4/c1-9-23-10-2-19(1)17(20-3-11-24-12-4-20)18(21-5-13-25-14-6-21)22-7-15-26-16-8-22/h1-16H2. The van der Waals surface area contributed by atoms with Gasteiger partial charge in [0, 0.05) is 52.4 Å². The van der Waals surface area contributed by atoms with Crippen LogP contribution in [0.25, 0.3) is 0 Å². The summed E-state index contributed by atoms with van der Waals surface area (Å²) in [4.78, 5) is 10.1. The molecule has 0 atom stereocenters. The fourth-order valence-corrected chi connectivity index (χ4v) is 4.07. The van der Waals surface area contributed by atoms with Crippen molar-refractivity contribution in [2.24, 2.45) is 0 Å². The van der Waals surface area contributed by atoms with E-state index in [1.165, 1.54) is 11.6 Å². The van der Waals surface area contributed by atoms with Gasteiger partial charge in [0.2, 0.25) is 0 Å². The third-order valence-electron chi connectivity index (χ3n) is 5.44. The molecule has 0 aromatic rings. The largest absolute Gasteiger partial charge is 0.378 e. The highest BCUT2D eigenvalue weighted by molar-refractivity contribution is 5.14. The zero-order valence-electron chi connectivity index (χ0n) is 15.7. The Morgan fingerprint density at radius 3 is 0.731 bits per heavy atom. The molecule has 8 heteroatoms. The summed E-state index contributed by atoms with van der Waals surface area (Å²) in [6.07, 6.45) is 0. The Balaban J connectivity index is 1.70. The van der Waals surface area contributed by atoms with E-state index in [0.29, 0.717) is 0 Å². The van der Waals surface area contributed by atoms with Crippen molar-refractivity contribution in [1.29, 1.82) is 0 Å². The van der Waals surface area contributed by atoms with Crippen LogP contribution in [0.4, 0.5) is 0 Å². The van der Waals surface area contributed by atoms with Crippen LogP contribution in [-0.2, 0) is 18.9 Å². The van der Waals surface area contributed by atoms with Gasteiger partial charge in [-0.25, -0.2) is 0 Å². The molecule has 4 heterocycles. The van der Waals surface area contributed by atoms with E-state index in [4.69, 9.17) is 18.9 Å². The maximum absolute atomic E-state index is 5.63. The molecule has 148 valence electrons. The molecule has 0 aliphatic carbocycles. The molecule has 0 N–H and O–H groups in total. The highest BCUT2D eigenvalue weighted by Crippen LogP contribution is 2.26. The lowest BCUT2D eigenvalue weighted by atomic mass is 10.2. The summed E-state index contributed by atoms with van der Waals surface area (Å²) in [7, 11) is 0. The first-order valence-electron chi connectivity index (χ1n) is 9.98. The van der Waals surface area contributed by atoms with Gasteiger partial charge in [-0.05, 0) is 0 Å². The number of ether oxygens (including phenoxy) is 4. The number of hydrogen-bond acceptors (Lipinski definition) is 8. The molecule has 8 nitrogen and oxygen atoms in total. The van der Waals surface area contributed by atoms with Gasteiger partial charge in [0.1, 0.15) is 11.6 Å². The predicted molar refractivity (Wildman–Crippen MR) is 96.6 cm³/mol. The quantitative estimate of drug-likeness (QED) is 0.655. The van der Waals surface area contributed by atoms with E-state index >= 15 is 0 Å². The van der Waals surface area contributed by atoms with E-state index in [2.05, 4.69) is 19.6 Å². The molecule has 0 bridgehead atoms. The van der Waals surface area contributed by atoms with Crippen LogP contribution in [0.5, 0.6) is 0 Å². The highest BCUT2D eigenvalue weighted by atomic mass is 16.5. The smallest absolute Gasteiger partial charge is 0.146 e. The van der Waals surface area contributed by atoms with Crippen LogP contribution in [0.1, 0.15) is 0 Å². The lowest BCUT2D eigenvalue weighted by molar-refractivity contribution is -0.0194. The average molecular weight is 368 g/mol. The number of morpholine rings is 4. The molecule has 4 aliphatic heterocycles. The van der Waals surface area contributed by atoms with Gasteiger partial charge in [-0.15, -0.1) is 0 Å². The SMILES string of the molecule is C1CN(C(=C(N2CCOCC2)N2CCOCC2)N2CCOCC2)CCO1. The molecule has 0 spiro atoms. The molecule has 4 rings (SSSR count). The predicted octanol–water partition coefficient (Wildman–Crippen LogP) is -0.558. The monoisotopic (exact) mass is 368 g/mol. The van der Waals surface area contributed by atoms with Crippen molar-refractivity contribution in [1.82, 2.24) is 19.6 Å². The van der Waals surface area contributed by atoms with E-state index in [-0.39, 0.29) is 0 Å².